The number of benzene rings is 1. The summed E-state index contributed by atoms with van der Waals surface area (Å²) in [7, 11) is 0. The van der Waals surface area contributed by atoms with Crippen molar-refractivity contribution in [2.24, 2.45) is 5.10 Å². The first-order chi connectivity index (χ1) is 7.65. The van der Waals surface area contributed by atoms with E-state index in [4.69, 9.17) is 11.6 Å². The summed E-state index contributed by atoms with van der Waals surface area (Å²) in [4.78, 5) is 11.0. The highest BCUT2D eigenvalue weighted by Gasteiger charge is 2.03. The molecule has 0 aliphatic carbocycles. The molecule has 0 saturated carbocycles. The van der Waals surface area contributed by atoms with Crippen LogP contribution in [-0.4, -0.2) is 18.4 Å². The van der Waals surface area contributed by atoms with E-state index in [2.05, 4.69) is 15.3 Å². The summed E-state index contributed by atoms with van der Waals surface area (Å²) < 4.78 is 4.67. The maximum Gasteiger partial charge on any atom is 0.427 e. The fourth-order valence-corrected chi connectivity index (χ4v) is 1.38. The Bertz CT molecular complexity index is 405. The molecule has 0 bridgehead atoms. The maximum atomic E-state index is 11.0. The number of hydrogen-bond donors (Lipinski definition) is 1. The lowest BCUT2D eigenvalue weighted by Crippen LogP contribution is -2.20. The molecule has 5 heteroatoms. The smallest absolute Gasteiger partial charge is 0.427 e. The van der Waals surface area contributed by atoms with Crippen LogP contribution in [0, 0.1) is 0 Å². The molecule has 0 saturated heterocycles. The zero-order chi connectivity index (χ0) is 12.0. The second kappa shape index (κ2) is 6.12. The predicted molar refractivity (Wildman–Crippen MR) is 63.8 cm³/mol. The number of ether oxygens (including phenoxy) is 1. The molecular weight excluding hydrogens is 228 g/mol. The number of rotatable bonds is 3. The summed E-state index contributed by atoms with van der Waals surface area (Å²) in [6.45, 7) is 3.80. The van der Waals surface area contributed by atoms with Gasteiger partial charge in [-0.1, -0.05) is 29.8 Å². The largest absolute Gasteiger partial charge is 0.449 e. The molecule has 0 unspecified atom stereocenters. The van der Waals surface area contributed by atoms with Crippen molar-refractivity contribution in [3.05, 3.63) is 34.9 Å². The zero-order valence-corrected chi connectivity index (χ0v) is 9.91. The van der Waals surface area contributed by atoms with Crippen LogP contribution in [0.5, 0.6) is 0 Å². The SMILES string of the molecule is CCOC(=O)N/N=C(\C)c1ccccc1Cl. The van der Waals surface area contributed by atoms with Crippen LogP contribution in [-0.2, 0) is 4.74 Å². The molecule has 0 aliphatic rings. The Morgan fingerprint density at radius 1 is 1.50 bits per heavy atom. The molecule has 4 nitrogen and oxygen atoms in total. The van der Waals surface area contributed by atoms with E-state index in [1.165, 1.54) is 0 Å². The van der Waals surface area contributed by atoms with Crippen molar-refractivity contribution in [1.29, 1.82) is 0 Å². The van der Waals surface area contributed by atoms with Gasteiger partial charge in [-0.2, -0.15) is 5.10 Å². The summed E-state index contributed by atoms with van der Waals surface area (Å²) in [6, 6.07) is 7.27. The predicted octanol–water partition coefficient (Wildman–Crippen LogP) is 2.81. The van der Waals surface area contributed by atoms with Crippen LogP contribution >= 0.6 is 11.6 Å². The molecule has 1 aromatic rings. The first-order valence-corrected chi connectivity index (χ1v) is 5.25. The Balaban J connectivity index is 2.71. The van der Waals surface area contributed by atoms with E-state index < -0.39 is 6.09 Å². The Labute approximate surface area is 99.2 Å². The van der Waals surface area contributed by atoms with Crippen LogP contribution in [0.3, 0.4) is 0 Å². The van der Waals surface area contributed by atoms with E-state index in [1.807, 2.05) is 18.2 Å². The third kappa shape index (κ3) is 3.55. The molecule has 0 spiro atoms. The van der Waals surface area contributed by atoms with E-state index in [-0.39, 0.29) is 0 Å². The van der Waals surface area contributed by atoms with Gasteiger partial charge in [0.1, 0.15) is 0 Å². The zero-order valence-electron chi connectivity index (χ0n) is 9.16. The van der Waals surface area contributed by atoms with Gasteiger partial charge in [-0.3, -0.25) is 0 Å². The molecule has 0 aliphatic heterocycles. The number of hydrogen-bond acceptors (Lipinski definition) is 3. The fourth-order valence-electron chi connectivity index (χ4n) is 1.11. The Hall–Kier alpha value is -1.55. The topological polar surface area (TPSA) is 50.7 Å². The van der Waals surface area contributed by atoms with Gasteiger partial charge in [0.25, 0.3) is 0 Å². The van der Waals surface area contributed by atoms with Crippen molar-refractivity contribution in [3.63, 3.8) is 0 Å². The number of nitrogens with zero attached hydrogens (tertiary/aromatic N) is 1. The molecular formula is C11H13ClN2O2. The number of hydrazone groups is 1. The molecule has 0 atom stereocenters. The first kappa shape index (κ1) is 12.5. The monoisotopic (exact) mass is 240 g/mol. The van der Waals surface area contributed by atoms with Crippen LogP contribution in [0.4, 0.5) is 4.79 Å². The highest BCUT2D eigenvalue weighted by molar-refractivity contribution is 6.34. The second-order valence-corrected chi connectivity index (χ2v) is 3.42. The Morgan fingerprint density at radius 2 is 2.19 bits per heavy atom. The van der Waals surface area contributed by atoms with Gasteiger partial charge in [-0.15, -0.1) is 0 Å². The molecule has 1 aromatic carbocycles. The van der Waals surface area contributed by atoms with Gasteiger partial charge >= 0.3 is 6.09 Å². The molecule has 1 N–H and O–H groups in total. The standard InChI is InChI=1S/C11H13ClN2O2/c1-3-16-11(15)14-13-8(2)9-6-4-5-7-10(9)12/h4-7H,3H2,1-2H3,(H,14,15)/b13-8+. The second-order valence-electron chi connectivity index (χ2n) is 3.01. The van der Waals surface area contributed by atoms with E-state index in [0.717, 1.165) is 5.56 Å². The summed E-state index contributed by atoms with van der Waals surface area (Å²) in [6.07, 6.45) is -0.575. The number of amides is 1. The third-order valence-electron chi connectivity index (χ3n) is 1.85. The normalized spacial score (nSPS) is 11.1. The molecule has 0 heterocycles. The molecule has 16 heavy (non-hydrogen) atoms. The van der Waals surface area contributed by atoms with Gasteiger partial charge in [0.2, 0.25) is 0 Å². The maximum absolute atomic E-state index is 11.0. The van der Waals surface area contributed by atoms with Crippen LogP contribution in [0.25, 0.3) is 0 Å². The minimum Gasteiger partial charge on any atom is -0.449 e. The number of carbonyl (C=O) groups excluding carboxylic acids is 1. The lowest BCUT2D eigenvalue weighted by Gasteiger charge is -2.04. The van der Waals surface area contributed by atoms with Crippen LogP contribution in [0.15, 0.2) is 29.4 Å². The lowest BCUT2D eigenvalue weighted by molar-refractivity contribution is 0.152. The minimum absolute atomic E-state index is 0.312. The average Bonchev–Trinajstić information content (AvgIpc) is 2.27. The van der Waals surface area contributed by atoms with Crippen molar-refractivity contribution >= 4 is 23.4 Å². The van der Waals surface area contributed by atoms with E-state index >= 15 is 0 Å². The molecule has 1 rings (SSSR count). The Kier molecular flexibility index (Phi) is 4.79. The Morgan fingerprint density at radius 3 is 2.81 bits per heavy atom. The molecule has 0 radical (unpaired) electrons. The average molecular weight is 241 g/mol. The van der Waals surface area contributed by atoms with Crippen molar-refractivity contribution in [3.8, 4) is 0 Å². The first-order valence-electron chi connectivity index (χ1n) is 4.87. The minimum atomic E-state index is -0.575. The number of nitrogens with one attached hydrogen (secondary N) is 1. The molecule has 1 amide bonds. The summed E-state index contributed by atoms with van der Waals surface area (Å²) in [5.74, 6) is 0. The van der Waals surface area contributed by atoms with Crippen molar-refractivity contribution in [2.75, 3.05) is 6.61 Å². The van der Waals surface area contributed by atoms with E-state index in [9.17, 15) is 4.79 Å². The number of carbonyl (C=O) groups is 1. The van der Waals surface area contributed by atoms with Crippen molar-refractivity contribution in [1.82, 2.24) is 5.43 Å². The highest BCUT2D eigenvalue weighted by atomic mass is 35.5. The summed E-state index contributed by atoms with van der Waals surface area (Å²) in [5, 5.41) is 4.47. The summed E-state index contributed by atoms with van der Waals surface area (Å²) in [5.41, 5.74) is 3.68. The van der Waals surface area contributed by atoms with Gasteiger partial charge < -0.3 is 4.74 Å². The molecule has 0 aromatic heterocycles. The fraction of sp³-hybridized carbons (Fsp3) is 0.273. The number of halogens is 1. The van der Waals surface area contributed by atoms with Gasteiger partial charge in [0, 0.05) is 10.6 Å². The van der Waals surface area contributed by atoms with Crippen LogP contribution in [0.1, 0.15) is 19.4 Å². The quantitative estimate of drug-likeness (QED) is 0.652. The van der Waals surface area contributed by atoms with Crippen molar-refractivity contribution in [2.45, 2.75) is 13.8 Å². The molecule has 86 valence electrons. The van der Waals surface area contributed by atoms with Gasteiger partial charge in [0.05, 0.1) is 12.3 Å². The molecule has 0 fully saturated rings. The lowest BCUT2D eigenvalue weighted by atomic mass is 10.1. The van der Waals surface area contributed by atoms with Crippen LogP contribution in [0.2, 0.25) is 5.02 Å². The summed E-state index contributed by atoms with van der Waals surface area (Å²) >= 11 is 5.97. The van der Waals surface area contributed by atoms with E-state index in [1.54, 1.807) is 19.9 Å². The van der Waals surface area contributed by atoms with Crippen LogP contribution < -0.4 is 5.43 Å². The highest BCUT2D eigenvalue weighted by Crippen LogP contribution is 2.15. The van der Waals surface area contributed by atoms with Crippen molar-refractivity contribution < 1.29 is 9.53 Å². The van der Waals surface area contributed by atoms with Gasteiger partial charge in [0.15, 0.2) is 0 Å². The van der Waals surface area contributed by atoms with Gasteiger partial charge in [-0.25, -0.2) is 10.2 Å². The van der Waals surface area contributed by atoms with E-state index in [0.29, 0.717) is 17.3 Å². The third-order valence-corrected chi connectivity index (χ3v) is 2.18. The van der Waals surface area contributed by atoms with Gasteiger partial charge in [-0.05, 0) is 19.9 Å².